The lowest BCUT2D eigenvalue weighted by molar-refractivity contribution is 0.344. The molecule has 2 saturated carbocycles. The van der Waals surface area contributed by atoms with Crippen molar-refractivity contribution in [1.82, 2.24) is 14.3 Å². The van der Waals surface area contributed by atoms with E-state index in [9.17, 15) is 8.42 Å². The van der Waals surface area contributed by atoms with Crippen molar-refractivity contribution in [3.8, 4) is 0 Å². The second-order valence-electron chi connectivity index (χ2n) is 7.71. The summed E-state index contributed by atoms with van der Waals surface area (Å²) in [6.45, 7) is 2.61. The van der Waals surface area contributed by atoms with Crippen molar-refractivity contribution in [2.45, 2.75) is 50.0 Å². The predicted molar refractivity (Wildman–Crippen MR) is 97.2 cm³/mol. The van der Waals surface area contributed by atoms with Crippen molar-refractivity contribution in [2.75, 3.05) is 37.3 Å². The molecule has 2 heterocycles. The van der Waals surface area contributed by atoms with Gasteiger partial charge in [0.2, 0.25) is 10.0 Å². The van der Waals surface area contributed by atoms with Gasteiger partial charge in [-0.25, -0.2) is 22.7 Å². The molecular weight excluding hydrogens is 338 g/mol. The largest absolute Gasteiger partial charge is 0.355 e. The first-order valence-electron chi connectivity index (χ1n) is 9.24. The van der Waals surface area contributed by atoms with Crippen LogP contribution in [0.5, 0.6) is 0 Å². The Balaban J connectivity index is 1.56. The first-order valence-corrected chi connectivity index (χ1v) is 11.1. The van der Waals surface area contributed by atoms with Gasteiger partial charge in [0, 0.05) is 55.8 Å². The summed E-state index contributed by atoms with van der Waals surface area (Å²) >= 11 is 0. The fourth-order valence-corrected chi connectivity index (χ4v) is 4.60. The summed E-state index contributed by atoms with van der Waals surface area (Å²) in [5, 5.41) is 0. The molecule has 4 rings (SSSR count). The standard InChI is InChI=1S/C17H27N5O2S/c1-25(23,24)22-6-2-5-21(7-8-22)16-11-15(13-9-14(18)10-13)19-17(20-16)12-3-4-12/h11-14H,2-10,18H2,1H3. The molecule has 1 saturated heterocycles. The van der Waals surface area contributed by atoms with Gasteiger partial charge in [0.15, 0.2) is 0 Å². The first kappa shape index (κ1) is 17.2. The van der Waals surface area contributed by atoms with Gasteiger partial charge in [-0.15, -0.1) is 0 Å². The maximum absolute atomic E-state index is 11.8. The summed E-state index contributed by atoms with van der Waals surface area (Å²) in [6, 6.07) is 2.41. The minimum absolute atomic E-state index is 0.300. The maximum Gasteiger partial charge on any atom is 0.211 e. The van der Waals surface area contributed by atoms with Crippen LogP contribution in [-0.2, 0) is 10.0 Å². The number of rotatable bonds is 4. The SMILES string of the molecule is CS(=O)(=O)N1CCCN(c2cc(C3CC(N)C3)nc(C3CC3)n2)CC1. The van der Waals surface area contributed by atoms with Crippen LogP contribution in [0.4, 0.5) is 5.82 Å². The molecule has 0 spiro atoms. The highest BCUT2D eigenvalue weighted by atomic mass is 32.2. The Morgan fingerprint density at radius 1 is 1.08 bits per heavy atom. The molecule has 25 heavy (non-hydrogen) atoms. The molecule has 0 bridgehead atoms. The van der Waals surface area contributed by atoms with Gasteiger partial charge in [0.1, 0.15) is 11.6 Å². The summed E-state index contributed by atoms with van der Waals surface area (Å²) in [5.41, 5.74) is 7.08. The fourth-order valence-electron chi connectivity index (χ4n) is 3.72. The van der Waals surface area contributed by atoms with Crippen LogP contribution in [0.3, 0.4) is 0 Å². The van der Waals surface area contributed by atoms with Crippen molar-refractivity contribution in [2.24, 2.45) is 5.73 Å². The van der Waals surface area contributed by atoms with Crippen molar-refractivity contribution in [3.63, 3.8) is 0 Å². The van der Waals surface area contributed by atoms with Crippen molar-refractivity contribution in [3.05, 3.63) is 17.6 Å². The third-order valence-corrected chi connectivity index (χ3v) is 6.84. The zero-order valence-electron chi connectivity index (χ0n) is 14.8. The predicted octanol–water partition coefficient (Wildman–Crippen LogP) is 1.03. The molecule has 0 unspecified atom stereocenters. The van der Waals surface area contributed by atoms with Gasteiger partial charge in [-0.1, -0.05) is 0 Å². The first-order chi connectivity index (χ1) is 11.9. The third kappa shape index (κ3) is 3.80. The summed E-state index contributed by atoms with van der Waals surface area (Å²) in [4.78, 5) is 11.9. The molecule has 1 aromatic heterocycles. The number of aromatic nitrogens is 2. The molecule has 3 aliphatic rings. The van der Waals surface area contributed by atoms with E-state index in [4.69, 9.17) is 15.7 Å². The van der Waals surface area contributed by atoms with E-state index in [0.29, 0.717) is 37.5 Å². The maximum atomic E-state index is 11.8. The molecule has 0 radical (unpaired) electrons. The Bertz CT molecular complexity index is 743. The van der Waals surface area contributed by atoms with Gasteiger partial charge in [0.05, 0.1) is 6.26 Å². The van der Waals surface area contributed by atoms with E-state index in [1.807, 2.05) is 0 Å². The van der Waals surface area contributed by atoms with Gasteiger partial charge in [-0.05, 0) is 32.1 Å². The Morgan fingerprint density at radius 2 is 1.84 bits per heavy atom. The molecule has 2 aliphatic carbocycles. The highest BCUT2D eigenvalue weighted by Gasteiger charge is 2.33. The second-order valence-corrected chi connectivity index (χ2v) is 9.70. The van der Waals surface area contributed by atoms with Crippen LogP contribution in [-0.4, -0.2) is 61.2 Å². The smallest absolute Gasteiger partial charge is 0.211 e. The van der Waals surface area contributed by atoms with Crippen LogP contribution in [0.25, 0.3) is 0 Å². The lowest BCUT2D eigenvalue weighted by Crippen LogP contribution is -2.36. The number of sulfonamides is 1. The van der Waals surface area contributed by atoms with Crippen molar-refractivity contribution < 1.29 is 8.42 Å². The summed E-state index contributed by atoms with van der Waals surface area (Å²) < 4.78 is 25.2. The molecule has 1 aromatic rings. The van der Waals surface area contributed by atoms with E-state index in [1.54, 1.807) is 4.31 Å². The molecule has 0 atom stereocenters. The van der Waals surface area contributed by atoms with E-state index in [1.165, 1.54) is 19.1 Å². The van der Waals surface area contributed by atoms with Gasteiger partial charge in [-0.3, -0.25) is 0 Å². The summed E-state index contributed by atoms with van der Waals surface area (Å²) in [7, 11) is -3.13. The van der Waals surface area contributed by atoms with Crippen LogP contribution >= 0.6 is 0 Å². The molecule has 1 aliphatic heterocycles. The minimum Gasteiger partial charge on any atom is -0.355 e. The molecule has 2 N–H and O–H groups in total. The van der Waals surface area contributed by atoms with Gasteiger partial charge in [-0.2, -0.15) is 0 Å². The summed E-state index contributed by atoms with van der Waals surface area (Å²) in [6.07, 6.45) is 6.46. The lowest BCUT2D eigenvalue weighted by atomic mass is 9.78. The molecule has 0 aromatic carbocycles. The summed E-state index contributed by atoms with van der Waals surface area (Å²) in [5.74, 6) is 2.89. The van der Waals surface area contributed by atoms with Gasteiger partial charge < -0.3 is 10.6 Å². The molecule has 3 fully saturated rings. The molecule has 138 valence electrons. The fraction of sp³-hybridized carbons (Fsp3) is 0.765. The zero-order chi connectivity index (χ0) is 17.6. The number of hydrogen-bond acceptors (Lipinski definition) is 6. The number of anilines is 1. The van der Waals surface area contributed by atoms with Gasteiger partial charge in [0.25, 0.3) is 0 Å². The van der Waals surface area contributed by atoms with Crippen LogP contribution in [0, 0.1) is 0 Å². The average Bonchev–Trinajstić information content (AvgIpc) is 3.36. The topological polar surface area (TPSA) is 92.4 Å². The lowest BCUT2D eigenvalue weighted by Gasteiger charge is -2.33. The van der Waals surface area contributed by atoms with E-state index in [2.05, 4.69) is 11.0 Å². The molecule has 7 nitrogen and oxygen atoms in total. The number of hydrogen-bond donors (Lipinski definition) is 1. The Morgan fingerprint density at radius 3 is 2.48 bits per heavy atom. The van der Waals surface area contributed by atoms with E-state index in [0.717, 1.165) is 43.1 Å². The Kier molecular flexibility index (Phi) is 4.45. The van der Waals surface area contributed by atoms with Crippen molar-refractivity contribution in [1.29, 1.82) is 0 Å². The van der Waals surface area contributed by atoms with Crippen LogP contribution in [0.2, 0.25) is 0 Å². The monoisotopic (exact) mass is 365 g/mol. The molecule has 8 heteroatoms. The number of nitrogens with two attached hydrogens (primary N) is 1. The average molecular weight is 366 g/mol. The molecule has 0 amide bonds. The highest BCUT2D eigenvalue weighted by Crippen LogP contribution is 2.41. The molecular formula is C17H27N5O2S. The normalized spacial score (nSPS) is 28.5. The van der Waals surface area contributed by atoms with Crippen LogP contribution in [0.15, 0.2) is 6.07 Å². The van der Waals surface area contributed by atoms with Crippen molar-refractivity contribution >= 4 is 15.8 Å². The minimum atomic E-state index is -3.13. The highest BCUT2D eigenvalue weighted by molar-refractivity contribution is 7.88. The zero-order valence-corrected chi connectivity index (χ0v) is 15.6. The van der Waals surface area contributed by atoms with Crippen LogP contribution < -0.4 is 10.6 Å². The van der Waals surface area contributed by atoms with E-state index < -0.39 is 10.0 Å². The van der Waals surface area contributed by atoms with Crippen LogP contribution in [0.1, 0.15) is 55.5 Å². The number of nitrogens with zero attached hydrogens (tertiary/aromatic N) is 4. The Labute approximate surface area is 149 Å². The Hall–Kier alpha value is -1.25. The van der Waals surface area contributed by atoms with Gasteiger partial charge >= 0.3 is 0 Å². The van der Waals surface area contributed by atoms with E-state index in [-0.39, 0.29) is 0 Å². The van der Waals surface area contributed by atoms with E-state index >= 15 is 0 Å². The quantitative estimate of drug-likeness (QED) is 0.857. The second kappa shape index (κ2) is 6.48. The third-order valence-electron chi connectivity index (χ3n) is 5.53.